The van der Waals surface area contributed by atoms with Gasteiger partial charge < -0.3 is 10.4 Å². The van der Waals surface area contributed by atoms with Crippen LogP contribution in [-0.2, 0) is 4.79 Å². The predicted octanol–water partition coefficient (Wildman–Crippen LogP) is 3.58. The third-order valence-corrected chi connectivity index (χ3v) is 4.34. The van der Waals surface area contributed by atoms with Gasteiger partial charge in [0, 0.05) is 27.4 Å². The average molecular weight is 305 g/mol. The lowest BCUT2D eigenvalue weighted by Gasteiger charge is -2.25. The predicted molar refractivity (Wildman–Crippen MR) is 85.0 cm³/mol. The maximum absolute atomic E-state index is 12.4. The van der Waals surface area contributed by atoms with E-state index in [1.807, 2.05) is 38.3 Å². The zero-order valence-electron chi connectivity index (χ0n) is 12.4. The molecule has 1 aromatic heterocycles. The van der Waals surface area contributed by atoms with E-state index in [0.717, 1.165) is 15.6 Å². The van der Waals surface area contributed by atoms with Crippen LogP contribution in [0.15, 0.2) is 23.6 Å². The number of carboxylic acid groups (broad SMARTS) is 1. The first-order chi connectivity index (χ1) is 9.78. The van der Waals surface area contributed by atoms with Crippen LogP contribution in [0.1, 0.15) is 42.6 Å². The highest BCUT2D eigenvalue weighted by Gasteiger charge is 2.23. The number of carbonyl (C=O) groups excluding carboxylic acids is 1. The van der Waals surface area contributed by atoms with E-state index in [9.17, 15) is 9.59 Å². The normalized spacial score (nSPS) is 11.6. The summed E-state index contributed by atoms with van der Waals surface area (Å²) in [7, 11) is 0. The molecule has 0 aliphatic rings. The van der Waals surface area contributed by atoms with E-state index in [-0.39, 0.29) is 12.3 Å². The van der Waals surface area contributed by atoms with Crippen molar-refractivity contribution in [1.82, 2.24) is 5.32 Å². The number of aliphatic carboxylic acids is 1. The van der Waals surface area contributed by atoms with E-state index in [1.165, 1.54) is 0 Å². The zero-order chi connectivity index (χ0) is 15.6. The van der Waals surface area contributed by atoms with Gasteiger partial charge in [-0.25, -0.2) is 0 Å². The van der Waals surface area contributed by atoms with Gasteiger partial charge in [0.25, 0.3) is 5.91 Å². The Morgan fingerprint density at radius 2 is 2.05 bits per heavy atom. The van der Waals surface area contributed by atoms with Crippen molar-refractivity contribution in [3.8, 4) is 0 Å². The summed E-state index contributed by atoms with van der Waals surface area (Å²) in [5.41, 5.74) is 1.27. The summed E-state index contributed by atoms with van der Waals surface area (Å²) in [6, 6.07) is 6.01. The Balaban J connectivity index is 2.17. The van der Waals surface area contributed by atoms with Crippen LogP contribution in [-0.4, -0.2) is 22.5 Å². The molecule has 2 aromatic rings. The minimum Gasteiger partial charge on any atom is -0.481 e. The van der Waals surface area contributed by atoms with Gasteiger partial charge in [0.1, 0.15) is 0 Å². The van der Waals surface area contributed by atoms with Gasteiger partial charge in [-0.15, -0.1) is 11.3 Å². The van der Waals surface area contributed by atoms with Crippen molar-refractivity contribution >= 4 is 33.3 Å². The summed E-state index contributed by atoms with van der Waals surface area (Å²) >= 11 is 1.55. The van der Waals surface area contributed by atoms with Crippen LogP contribution in [0.25, 0.3) is 10.1 Å². The Bertz CT molecular complexity index is 688. The Labute approximate surface area is 127 Å². The van der Waals surface area contributed by atoms with Gasteiger partial charge in [-0.3, -0.25) is 9.59 Å². The van der Waals surface area contributed by atoms with Gasteiger partial charge >= 0.3 is 5.97 Å². The molecule has 0 fully saturated rings. The highest BCUT2D eigenvalue weighted by Crippen LogP contribution is 2.27. The fourth-order valence-corrected chi connectivity index (χ4v) is 3.21. The molecule has 5 heteroatoms. The number of hydrogen-bond acceptors (Lipinski definition) is 3. The van der Waals surface area contributed by atoms with Crippen LogP contribution in [0.4, 0.5) is 0 Å². The lowest BCUT2D eigenvalue weighted by atomic mass is 9.97. The van der Waals surface area contributed by atoms with E-state index in [0.29, 0.717) is 12.0 Å². The first-order valence-corrected chi connectivity index (χ1v) is 7.69. The number of fused-ring (bicyclic) bond motifs is 1. The molecule has 4 nitrogen and oxygen atoms in total. The van der Waals surface area contributed by atoms with E-state index >= 15 is 0 Å². The molecular weight excluding hydrogens is 286 g/mol. The molecule has 0 saturated carbocycles. The number of hydrogen-bond donors (Lipinski definition) is 2. The second-order valence-electron chi connectivity index (χ2n) is 5.88. The molecule has 0 atom stereocenters. The molecule has 2 N–H and O–H groups in total. The minimum atomic E-state index is -0.853. The smallest absolute Gasteiger partial charge is 0.303 e. The first-order valence-electron chi connectivity index (χ1n) is 6.81. The van der Waals surface area contributed by atoms with Gasteiger partial charge in [0.15, 0.2) is 0 Å². The molecule has 0 radical (unpaired) electrons. The largest absolute Gasteiger partial charge is 0.481 e. The zero-order valence-corrected chi connectivity index (χ0v) is 13.2. The number of rotatable bonds is 5. The van der Waals surface area contributed by atoms with Crippen molar-refractivity contribution in [2.75, 3.05) is 0 Å². The second-order valence-corrected chi connectivity index (χ2v) is 6.79. The number of benzene rings is 1. The van der Waals surface area contributed by atoms with Gasteiger partial charge in [-0.05, 0) is 38.8 Å². The van der Waals surface area contributed by atoms with Crippen LogP contribution in [0.3, 0.4) is 0 Å². The number of thiophene rings is 1. The molecule has 112 valence electrons. The summed E-state index contributed by atoms with van der Waals surface area (Å²) in [5, 5.41) is 14.5. The maximum Gasteiger partial charge on any atom is 0.303 e. The van der Waals surface area contributed by atoms with Gasteiger partial charge in [0.05, 0.1) is 5.56 Å². The fourth-order valence-electron chi connectivity index (χ4n) is 2.17. The van der Waals surface area contributed by atoms with E-state index < -0.39 is 11.5 Å². The summed E-state index contributed by atoms with van der Waals surface area (Å²) in [5.74, 6) is -1.01. The van der Waals surface area contributed by atoms with Crippen molar-refractivity contribution < 1.29 is 14.7 Å². The molecule has 1 aromatic carbocycles. The number of carbonyl (C=O) groups is 2. The summed E-state index contributed by atoms with van der Waals surface area (Å²) in [6.45, 7) is 5.70. The molecule has 2 rings (SSSR count). The monoisotopic (exact) mass is 305 g/mol. The van der Waals surface area contributed by atoms with Crippen molar-refractivity contribution in [1.29, 1.82) is 0 Å². The lowest BCUT2D eigenvalue weighted by Crippen LogP contribution is -2.43. The quantitative estimate of drug-likeness (QED) is 0.887. The van der Waals surface area contributed by atoms with Crippen molar-refractivity contribution in [3.05, 3.63) is 34.7 Å². The SMILES string of the molecule is Cc1ccc2c(C(=O)NC(C)(C)CCC(=O)O)csc2c1. The van der Waals surface area contributed by atoms with Gasteiger partial charge in [0.2, 0.25) is 0 Å². The Morgan fingerprint density at radius 1 is 1.33 bits per heavy atom. The van der Waals surface area contributed by atoms with Crippen molar-refractivity contribution in [2.24, 2.45) is 0 Å². The topological polar surface area (TPSA) is 66.4 Å². The van der Waals surface area contributed by atoms with Crippen LogP contribution in [0.5, 0.6) is 0 Å². The molecule has 1 amide bonds. The van der Waals surface area contributed by atoms with Crippen LogP contribution < -0.4 is 5.32 Å². The third-order valence-electron chi connectivity index (χ3n) is 3.39. The van der Waals surface area contributed by atoms with E-state index in [2.05, 4.69) is 11.4 Å². The third kappa shape index (κ3) is 3.82. The second kappa shape index (κ2) is 5.85. The molecule has 1 heterocycles. The molecule has 0 aliphatic carbocycles. The summed E-state index contributed by atoms with van der Waals surface area (Å²) < 4.78 is 1.09. The number of nitrogens with one attached hydrogen (secondary N) is 1. The van der Waals surface area contributed by atoms with Crippen molar-refractivity contribution in [3.63, 3.8) is 0 Å². The van der Waals surface area contributed by atoms with E-state index in [4.69, 9.17) is 5.11 Å². The molecule has 21 heavy (non-hydrogen) atoms. The standard InChI is InChI=1S/C16H19NO3S/c1-10-4-5-11-12(9-21-13(11)8-10)15(20)17-16(2,3)7-6-14(18)19/h4-5,8-9H,6-7H2,1-3H3,(H,17,20)(H,18,19). The van der Waals surface area contributed by atoms with Crippen LogP contribution in [0, 0.1) is 6.92 Å². The van der Waals surface area contributed by atoms with E-state index in [1.54, 1.807) is 11.3 Å². The number of aryl methyl sites for hydroxylation is 1. The van der Waals surface area contributed by atoms with Gasteiger partial charge in [-0.2, -0.15) is 0 Å². The molecular formula is C16H19NO3S. The molecule has 0 aliphatic heterocycles. The highest BCUT2D eigenvalue weighted by molar-refractivity contribution is 7.17. The summed E-state index contributed by atoms with van der Waals surface area (Å²) in [6.07, 6.45) is 0.437. The van der Waals surface area contributed by atoms with Crippen LogP contribution >= 0.6 is 11.3 Å². The molecule has 0 spiro atoms. The number of amides is 1. The molecule has 0 bridgehead atoms. The Hall–Kier alpha value is -1.88. The first kappa shape index (κ1) is 15.5. The minimum absolute atomic E-state index is 0.0386. The van der Waals surface area contributed by atoms with Crippen LogP contribution in [0.2, 0.25) is 0 Å². The maximum atomic E-state index is 12.4. The lowest BCUT2D eigenvalue weighted by molar-refractivity contribution is -0.137. The van der Waals surface area contributed by atoms with Gasteiger partial charge in [-0.1, -0.05) is 12.1 Å². The Morgan fingerprint density at radius 3 is 2.71 bits per heavy atom. The molecule has 0 saturated heterocycles. The fraction of sp³-hybridized carbons (Fsp3) is 0.375. The molecule has 0 unspecified atom stereocenters. The number of carboxylic acids is 1. The summed E-state index contributed by atoms with van der Waals surface area (Å²) in [4.78, 5) is 23.1. The highest BCUT2D eigenvalue weighted by atomic mass is 32.1. The van der Waals surface area contributed by atoms with Crippen molar-refractivity contribution in [2.45, 2.75) is 39.2 Å². The Kier molecular flexibility index (Phi) is 4.32. The average Bonchev–Trinajstić information content (AvgIpc) is 2.79.